The predicted octanol–water partition coefficient (Wildman–Crippen LogP) is 5.72. The van der Waals surface area contributed by atoms with Crippen LogP contribution >= 0.6 is 23.2 Å². The van der Waals surface area contributed by atoms with E-state index in [1.165, 1.54) is 19.1 Å². The number of rotatable bonds is 7. The molecule has 5 N–H and O–H groups in total. The summed E-state index contributed by atoms with van der Waals surface area (Å²) in [6.07, 6.45) is 2.04. The van der Waals surface area contributed by atoms with Crippen molar-refractivity contribution < 1.29 is 38.7 Å². The van der Waals surface area contributed by atoms with E-state index in [4.69, 9.17) is 53.0 Å². The summed E-state index contributed by atoms with van der Waals surface area (Å²) in [6.45, 7) is 11.5. The number of nitrogens with one attached hydrogen (secondary N) is 1. The molecule has 3 heterocycles. The van der Waals surface area contributed by atoms with Gasteiger partial charge in [-0.3, -0.25) is 0 Å². The molecule has 2 fully saturated rings. The van der Waals surface area contributed by atoms with Gasteiger partial charge in [0, 0.05) is 48.4 Å². The number of amides is 2. The van der Waals surface area contributed by atoms with Gasteiger partial charge in [0.05, 0.1) is 55.1 Å². The largest absolute Gasteiger partial charge is 0.495 e. The topological polar surface area (TPSA) is 182 Å². The van der Waals surface area contributed by atoms with Crippen LogP contribution in [-0.4, -0.2) is 118 Å². The van der Waals surface area contributed by atoms with Crippen molar-refractivity contribution in [3.05, 3.63) is 40.5 Å². The second-order valence-corrected chi connectivity index (χ2v) is 15.5. The van der Waals surface area contributed by atoms with Gasteiger partial charge < -0.3 is 50.0 Å². The van der Waals surface area contributed by atoms with Gasteiger partial charge in [-0.15, -0.1) is 0 Å². The van der Waals surface area contributed by atoms with Crippen molar-refractivity contribution in [1.82, 2.24) is 19.8 Å². The van der Waals surface area contributed by atoms with Gasteiger partial charge in [-0.1, -0.05) is 29.3 Å². The van der Waals surface area contributed by atoms with Crippen LogP contribution in [0, 0.1) is 0 Å². The number of likely N-dealkylation sites (tertiary alicyclic amines) is 2. The number of hydrogen-bond acceptors (Lipinski definition) is 12. The van der Waals surface area contributed by atoms with Crippen LogP contribution in [0.1, 0.15) is 54.4 Å². The zero-order valence-electron chi connectivity index (χ0n) is 30.9. The number of aliphatic hydroxyl groups is 2. The fourth-order valence-electron chi connectivity index (χ4n) is 5.99. The number of hydrogen-bond donors (Lipinski definition) is 4. The first-order chi connectivity index (χ1) is 24.4. The molecule has 0 aliphatic carbocycles. The number of ether oxygens (including phenoxy) is 4. The van der Waals surface area contributed by atoms with Crippen molar-refractivity contribution in [2.75, 3.05) is 45.8 Å². The number of methoxy groups -OCH3 is 2. The van der Waals surface area contributed by atoms with Gasteiger partial charge in [0.15, 0.2) is 0 Å². The van der Waals surface area contributed by atoms with Gasteiger partial charge in [-0.05, 0) is 72.1 Å². The lowest BCUT2D eigenvalue weighted by molar-refractivity contribution is 0.0166. The van der Waals surface area contributed by atoms with Crippen LogP contribution in [0.25, 0.3) is 22.0 Å². The van der Waals surface area contributed by atoms with E-state index in [-0.39, 0.29) is 37.4 Å². The second-order valence-electron chi connectivity index (χ2n) is 14.8. The molecule has 2 aliphatic heterocycles. The minimum Gasteiger partial charge on any atom is -0.495 e. The van der Waals surface area contributed by atoms with Crippen LogP contribution in [0.3, 0.4) is 0 Å². The number of benzene rings is 2. The molecule has 14 nitrogen and oxygen atoms in total. The molecule has 0 spiro atoms. The van der Waals surface area contributed by atoms with Crippen LogP contribution < -0.4 is 20.5 Å². The Kier molecular flexibility index (Phi) is 13.3. The van der Waals surface area contributed by atoms with E-state index in [0.29, 0.717) is 64.5 Å². The highest BCUT2D eigenvalue weighted by molar-refractivity contribution is 6.41. The molecule has 286 valence electrons. The van der Waals surface area contributed by atoms with Gasteiger partial charge in [0.2, 0.25) is 5.95 Å². The third-order valence-electron chi connectivity index (χ3n) is 8.31. The molecule has 0 radical (unpaired) electrons. The Labute approximate surface area is 314 Å². The standard InChI is InChI=1S/C26H30Cl2N4O5.C10H20N2O3/c1-26(2,3)37-25(34)32-12-16(9-17(32)13-33)30-24-29-11-15-8-14(6-7-18(15)31-24)21-22(27)19(35-4)10-20(36-5)23(21)28;1-10(2,3)15-9(14)12-5-7(11)4-8(12)6-13/h6-8,10-11,16-17,33H,9,12-13H2,1-5H3,(H,29,30,31);7-8,13H,4-6,11H2,1-3H3/t16-,17-;7-,8-/m00/s1. The van der Waals surface area contributed by atoms with Gasteiger partial charge in [-0.25, -0.2) is 19.6 Å². The maximum Gasteiger partial charge on any atom is 0.410 e. The summed E-state index contributed by atoms with van der Waals surface area (Å²) in [5.41, 5.74) is 6.67. The molecule has 1 aromatic heterocycles. The first kappa shape index (κ1) is 40.9. The minimum absolute atomic E-state index is 0.0605. The lowest BCUT2D eigenvalue weighted by Gasteiger charge is -2.27. The van der Waals surface area contributed by atoms with Crippen molar-refractivity contribution in [3.63, 3.8) is 0 Å². The maximum absolute atomic E-state index is 12.6. The van der Waals surface area contributed by atoms with Crippen molar-refractivity contribution in [2.45, 2.75) is 89.8 Å². The SMILES string of the molecule is CC(C)(C)OC(=O)N1C[C@@H](N)C[C@H]1CO.COc1cc(OC)c(Cl)c(-c2ccc3nc(N[C@H]4C[C@@H](CO)N(C(=O)OC(C)(C)C)C4)ncc3c2)c1Cl. The van der Waals surface area contributed by atoms with E-state index in [0.717, 1.165) is 10.9 Å². The minimum atomic E-state index is -0.618. The third kappa shape index (κ3) is 10.2. The Morgan fingerprint density at radius 3 is 1.94 bits per heavy atom. The summed E-state index contributed by atoms with van der Waals surface area (Å²) in [5.74, 6) is 1.33. The summed E-state index contributed by atoms with van der Waals surface area (Å²) in [5, 5.41) is 23.7. The normalized spacial score (nSPS) is 20.3. The van der Waals surface area contributed by atoms with E-state index in [2.05, 4.69) is 15.3 Å². The molecule has 3 aromatic rings. The van der Waals surface area contributed by atoms with Crippen LogP contribution in [-0.2, 0) is 9.47 Å². The first-order valence-corrected chi connectivity index (χ1v) is 17.7. The lowest BCUT2D eigenvalue weighted by Crippen LogP contribution is -2.41. The molecule has 0 bridgehead atoms. The number of aliphatic hydroxyl groups excluding tert-OH is 2. The Hall–Kier alpha value is -3.82. The van der Waals surface area contributed by atoms with E-state index in [9.17, 15) is 14.7 Å². The first-order valence-electron chi connectivity index (χ1n) is 17.0. The maximum atomic E-state index is 12.6. The van der Waals surface area contributed by atoms with Crippen LogP contribution in [0.5, 0.6) is 11.5 Å². The van der Waals surface area contributed by atoms with Crippen LogP contribution in [0.2, 0.25) is 10.0 Å². The van der Waals surface area contributed by atoms with Crippen LogP contribution in [0.15, 0.2) is 30.5 Å². The average molecular weight is 766 g/mol. The van der Waals surface area contributed by atoms with Gasteiger partial charge >= 0.3 is 12.2 Å². The van der Waals surface area contributed by atoms with Crippen LogP contribution in [0.4, 0.5) is 15.5 Å². The number of anilines is 1. The van der Waals surface area contributed by atoms with E-state index in [1.54, 1.807) is 17.2 Å². The second kappa shape index (κ2) is 16.9. The molecular weight excluding hydrogens is 715 g/mol. The fraction of sp³-hybridized carbons (Fsp3) is 0.556. The molecule has 16 heteroatoms. The summed E-state index contributed by atoms with van der Waals surface area (Å²) < 4.78 is 21.5. The number of carbonyl (C=O) groups excluding carboxylic acids is 2. The Balaban J connectivity index is 0.000000338. The van der Waals surface area contributed by atoms with Gasteiger partial charge in [0.1, 0.15) is 22.7 Å². The number of carbonyl (C=O) groups is 2. The monoisotopic (exact) mass is 764 g/mol. The molecule has 2 amide bonds. The Morgan fingerprint density at radius 2 is 1.42 bits per heavy atom. The van der Waals surface area contributed by atoms with E-state index in [1.807, 2.05) is 59.7 Å². The number of nitrogens with zero attached hydrogens (tertiary/aromatic N) is 4. The third-order valence-corrected chi connectivity index (χ3v) is 9.06. The molecule has 2 aromatic carbocycles. The predicted molar refractivity (Wildman–Crippen MR) is 200 cm³/mol. The lowest BCUT2D eigenvalue weighted by atomic mass is 10.0. The average Bonchev–Trinajstić information content (AvgIpc) is 3.66. The number of nitrogens with two attached hydrogens (primary N) is 1. The van der Waals surface area contributed by atoms with Crippen molar-refractivity contribution in [3.8, 4) is 22.6 Å². The molecule has 0 unspecified atom stereocenters. The number of aromatic nitrogens is 2. The fourth-order valence-corrected chi connectivity index (χ4v) is 6.71. The van der Waals surface area contributed by atoms with Gasteiger partial charge in [-0.2, -0.15) is 0 Å². The van der Waals surface area contributed by atoms with Crippen molar-refractivity contribution in [2.24, 2.45) is 5.73 Å². The summed E-state index contributed by atoms with van der Waals surface area (Å²) >= 11 is 13.2. The highest BCUT2D eigenvalue weighted by atomic mass is 35.5. The Morgan fingerprint density at radius 1 is 0.885 bits per heavy atom. The zero-order valence-corrected chi connectivity index (χ0v) is 32.4. The molecule has 52 heavy (non-hydrogen) atoms. The highest BCUT2D eigenvalue weighted by Gasteiger charge is 2.38. The molecule has 5 rings (SSSR count). The number of fused-ring (bicyclic) bond motifs is 1. The van der Waals surface area contributed by atoms with Crippen molar-refractivity contribution in [1.29, 1.82) is 0 Å². The molecule has 4 atom stereocenters. The molecular formula is C36H50Cl2N6O8. The van der Waals surface area contributed by atoms with E-state index >= 15 is 0 Å². The van der Waals surface area contributed by atoms with E-state index < -0.39 is 23.4 Å². The highest BCUT2D eigenvalue weighted by Crippen LogP contribution is 2.46. The van der Waals surface area contributed by atoms with Gasteiger partial charge in [0.25, 0.3) is 0 Å². The molecule has 2 aliphatic rings. The smallest absolute Gasteiger partial charge is 0.410 e. The quantitative estimate of drug-likeness (QED) is 0.230. The van der Waals surface area contributed by atoms with Crippen molar-refractivity contribution >= 4 is 52.2 Å². The summed E-state index contributed by atoms with van der Waals surface area (Å²) in [6, 6.07) is 6.52. The molecule has 2 saturated heterocycles. The summed E-state index contributed by atoms with van der Waals surface area (Å²) in [7, 11) is 3.06. The zero-order chi connectivity index (χ0) is 38.5. The summed E-state index contributed by atoms with van der Waals surface area (Å²) in [4.78, 5) is 36.4. The number of halogens is 2. The molecule has 0 saturated carbocycles. The Bertz CT molecular complexity index is 1710.